The summed E-state index contributed by atoms with van der Waals surface area (Å²) >= 11 is 0. The highest BCUT2D eigenvalue weighted by atomic mass is 16.5. The topological polar surface area (TPSA) is 55.7 Å². The van der Waals surface area contributed by atoms with E-state index in [-0.39, 0.29) is 11.4 Å². The zero-order valence-electron chi connectivity index (χ0n) is 19.6. The number of carbonyl (C=O) groups excluding carboxylic acids is 1. The van der Waals surface area contributed by atoms with Gasteiger partial charge < -0.3 is 24.3 Å². The lowest BCUT2D eigenvalue weighted by atomic mass is 9.82. The largest absolute Gasteiger partial charge is 0.497 e. The molecule has 2 aliphatic rings. The SMILES string of the molecule is CCCc1cc(C(=O)N2CCC3(CC2)Nc2cc(OC)ccc2-n2cccc23)ccc1OC. The molecule has 5 rings (SSSR count). The molecule has 172 valence electrons. The molecule has 1 spiro atoms. The summed E-state index contributed by atoms with van der Waals surface area (Å²) in [5, 5.41) is 3.81. The van der Waals surface area contributed by atoms with Gasteiger partial charge in [-0.2, -0.15) is 0 Å². The number of likely N-dealkylation sites (tertiary alicyclic amines) is 1. The van der Waals surface area contributed by atoms with Gasteiger partial charge in [-0.15, -0.1) is 0 Å². The summed E-state index contributed by atoms with van der Waals surface area (Å²) in [5.41, 5.74) is 5.08. The fraction of sp³-hybridized carbons (Fsp3) is 0.370. The van der Waals surface area contributed by atoms with Gasteiger partial charge in [-0.1, -0.05) is 13.3 Å². The summed E-state index contributed by atoms with van der Waals surface area (Å²) in [6, 6.07) is 16.2. The summed E-state index contributed by atoms with van der Waals surface area (Å²) in [7, 11) is 3.37. The van der Waals surface area contributed by atoms with Crippen LogP contribution in [0.15, 0.2) is 54.7 Å². The van der Waals surface area contributed by atoms with Gasteiger partial charge in [0, 0.05) is 36.6 Å². The molecule has 2 aliphatic heterocycles. The van der Waals surface area contributed by atoms with Crippen LogP contribution in [-0.2, 0) is 12.0 Å². The highest BCUT2D eigenvalue weighted by Crippen LogP contribution is 2.44. The minimum Gasteiger partial charge on any atom is -0.497 e. The Balaban J connectivity index is 1.38. The van der Waals surface area contributed by atoms with Crippen molar-refractivity contribution in [1.82, 2.24) is 9.47 Å². The number of nitrogens with zero attached hydrogens (tertiary/aromatic N) is 2. The van der Waals surface area contributed by atoms with Gasteiger partial charge in [-0.3, -0.25) is 4.79 Å². The lowest BCUT2D eigenvalue weighted by molar-refractivity contribution is 0.0676. The second-order valence-electron chi connectivity index (χ2n) is 8.92. The number of carbonyl (C=O) groups is 1. The van der Waals surface area contributed by atoms with Crippen LogP contribution in [0.5, 0.6) is 11.5 Å². The van der Waals surface area contributed by atoms with Gasteiger partial charge in [0.2, 0.25) is 0 Å². The van der Waals surface area contributed by atoms with Crippen molar-refractivity contribution in [1.29, 1.82) is 0 Å². The Morgan fingerprint density at radius 3 is 2.61 bits per heavy atom. The number of methoxy groups -OCH3 is 2. The Hall–Kier alpha value is -3.41. The van der Waals surface area contributed by atoms with E-state index < -0.39 is 0 Å². The molecule has 1 N–H and O–H groups in total. The summed E-state index contributed by atoms with van der Waals surface area (Å²) in [6.07, 6.45) is 5.72. The predicted octanol–water partition coefficient (Wildman–Crippen LogP) is 5.00. The highest BCUT2D eigenvalue weighted by molar-refractivity contribution is 5.94. The minimum absolute atomic E-state index is 0.0955. The fourth-order valence-electron chi connectivity index (χ4n) is 5.29. The average molecular weight is 446 g/mol. The van der Waals surface area contributed by atoms with Crippen molar-refractivity contribution in [3.63, 3.8) is 0 Å². The maximum Gasteiger partial charge on any atom is 0.253 e. The van der Waals surface area contributed by atoms with Gasteiger partial charge >= 0.3 is 0 Å². The third-order valence-electron chi connectivity index (χ3n) is 7.03. The zero-order valence-corrected chi connectivity index (χ0v) is 19.6. The number of hydrogen-bond acceptors (Lipinski definition) is 4. The van der Waals surface area contributed by atoms with Crippen molar-refractivity contribution in [2.24, 2.45) is 0 Å². The Morgan fingerprint density at radius 2 is 1.88 bits per heavy atom. The maximum atomic E-state index is 13.3. The fourth-order valence-corrected chi connectivity index (χ4v) is 5.29. The van der Waals surface area contributed by atoms with Crippen LogP contribution in [0.2, 0.25) is 0 Å². The van der Waals surface area contributed by atoms with Crippen LogP contribution in [0.25, 0.3) is 5.69 Å². The lowest BCUT2D eigenvalue weighted by Crippen LogP contribution is -2.51. The van der Waals surface area contributed by atoms with Gasteiger partial charge in [0.25, 0.3) is 5.91 Å². The predicted molar refractivity (Wildman–Crippen MR) is 130 cm³/mol. The standard InChI is InChI=1S/C27H31N3O3/c1-4-6-19-17-20(8-11-24(19)33-3)26(31)29-15-12-27(13-16-29)25-7-5-14-30(25)23-10-9-21(32-2)18-22(23)28-27/h5,7-11,14,17-18,28H,4,6,12-13,15-16H2,1-3H3. The lowest BCUT2D eigenvalue weighted by Gasteiger charge is -2.46. The molecule has 6 nitrogen and oxygen atoms in total. The molecule has 3 aromatic rings. The third kappa shape index (κ3) is 3.63. The average Bonchev–Trinajstić information content (AvgIpc) is 3.35. The number of piperidine rings is 1. The van der Waals surface area contributed by atoms with E-state index in [1.807, 2.05) is 29.2 Å². The molecule has 0 atom stereocenters. The van der Waals surface area contributed by atoms with Crippen molar-refractivity contribution in [3.05, 3.63) is 71.5 Å². The number of ether oxygens (including phenoxy) is 2. The van der Waals surface area contributed by atoms with Gasteiger partial charge in [0.1, 0.15) is 11.5 Å². The van der Waals surface area contributed by atoms with E-state index >= 15 is 0 Å². The minimum atomic E-state index is -0.201. The third-order valence-corrected chi connectivity index (χ3v) is 7.03. The summed E-state index contributed by atoms with van der Waals surface area (Å²) in [6.45, 7) is 3.54. The first-order valence-corrected chi connectivity index (χ1v) is 11.7. The van der Waals surface area contributed by atoms with E-state index in [0.717, 1.165) is 59.7 Å². The zero-order chi connectivity index (χ0) is 23.0. The molecular weight excluding hydrogens is 414 g/mol. The van der Waals surface area contributed by atoms with Crippen LogP contribution in [0.3, 0.4) is 0 Å². The first-order valence-electron chi connectivity index (χ1n) is 11.7. The monoisotopic (exact) mass is 445 g/mol. The van der Waals surface area contributed by atoms with Crippen molar-refractivity contribution in [3.8, 4) is 17.2 Å². The van der Waals surface area contributed by atoms with E-state index in [1.54, 1.807) is 14.2 Å². The van der Waals surface area contributed by atoms with E-state index in [2.05, 4.69) is 47.3 Å². The quantitative estimate of drug-likeness (QED) is 0.600. The Morgan fingerprint density at radius 1 is 1.06 bits per heavy atom. The van der Waals surface area contributed by atoms with Gasteiger partial charge in [-0.25, -0.2) is 0 Å². The molecule has 0 radical (unpaired) electrons. The number of aryl methyl sites for hydroxylation is 1. The van der Waals surface area contributed by atoms with Crippen LogP contribution in [0.4, 0.5) is 5.69 Å². The molecule has 1 fully saturated rings. The summed E-state index contributed by atoms with van der Waals surface area (Å²) in [5.74, 6) is 1.78. The molecule has 2 aromatic carbocycles. The number of nitrogens with one attached hydrogen (secondary N) is 1. The number of fused-ring (bicyclic) bond motifs is 4. The molecule has 0 unspecified atom stereocenters. The van der Waals surface area contributed by atoms with Crippen molar-refractivity contribution in [2.45, 2.75) is 38.1 Å². The second-order valence-corrected chi connectivity index (χ2v) is 8.92. The van der Waals surface area contributed by atoms with Crippen LogP contribution in [-0.4, -0.2) is 42.7 Å². The second kappa shape index (κ2) is 8.50. The van der Waals surface area contributed by atoms with E-state index in [9.17, 15) is 4.79 Å². The number of rotatable bonds is 5. The number of anilines is 1. The van der Waals surface area contributed by atoms with Crippen LogP contribution >= 0.6 is 0 Å². The highest BCUT2D eigenvalue weighted by Gasteiger charge is 2.42. The van der Waals surface area contributed by atoms with Crippen LogP contribution in [0.1, 0.15) is 47.8 Å². The van der Waals surface area contributed by atoms with Crippen molar-refractivity contribution in [2.75, 3.05) is 32.6 Å². The smallest absolute Gasteiger partial charge is 0.253 e. The van der Waals surface area contributed by atoms with Gasteiger partial charge in [0.15, 0.2) is 0 Å². The first-order chi connectivity index (χ1) is 16.1. The number of hydrogen-bond donors (Lipinski definition) is 1. The number of benzene rings is 2. The molecule has 6 heteroatoms. The van der Waals surface area contributed by atoms with E-state index in [1.165, 1.54) is 5.69 Å². The Labute approximate surface area is 195 Å². The van der Waals surface area contributed by atoms with Crippen molar-refractivity contribution >= 4 is 11.6 Å². The molecule has 0 bridgehead atoms. The molecule has 1 aromatic heterocycles. The first kappa shape index (κ1) is 21.4. The normalized spacial score (nSPS) is 16.0. The van der Waals surface area contributed by atoms with E-state index in [0.29, 0.717) is 13.1 Å². The number of aromatic nitrogens is 1. The summed E-state index contributed by atoms with van der Waals surface area (Å²) < 4.78 is 13.2. The summed E-state index contributed by atoms with van der Waals surface area (Å²) in [4.78, 5) is 15.3. The van der Waals surface area contributed by atoms with Crippen LogP contribution in [0, 0.1) is 0 Å². The molecule has 1 saturated heterocycles. The Bertz CT molecular complexity index is 1180. The molecule has 0 saturated carbocycles. The number of amides is 1. The van der Waals surface area contributed by atoms with Crippen molar-refractivity contribution < 1.29 is 14.3 Å². The molecule has 3 heterocycles. The molecule has 0 aliphatic carbocycles. The van der Waals surface area contributed by atoms with E-state index in [4.69, 9.17) is 9.47 Å². The maximum absolute atomic E-state index is 13.3. The van der Waals surface area contributed by atoms with Gasteiger partial charge in [-0.05, 0) is 67.3 Å². The molecule has 33 heavy (non-hydrogen) atoms. The van der Waals surface area contributed by atoms with Crippen LogP contribution < -0.4 is 14.8 Å². The molecule has 1 amide bonds. The molecular formula is C27H31N3O3. The van der Waals surface area contributed by atoms with Gasteiger partial charge in [0.05, 0.1) is 31.1 Å². The Kier molecular flexibility index (Phi) is 5.52.